The average molecular weight is 241 g/mol. The predicted octanol–water partition coefficient (Wildman–Crippen LogP) is 2.08. The highest BCUT2D eigenvalue weighted by Gasteiger charge is 2.15. The summed E-state index contributed by atoms with van der Waals surface area (Å²) >= 11 is 5.76. The molecular formula is C12H17ClN2O. The van der Waals surface area contributed by atoms with Crippen molar-refractivity contribution in [2.45, 2.75) is 32.4 Å². The van der Waals surface area contributed by atoms with Crippen LogP contribution in [0.15, 0.2) is 24.3 Å². The molecule has 0 heterocycles. The highest BCUT2D eigenvalue weighted by molar-refractivity contribution is 6.30. The zero-order valence-corrected chi connectivity index (χ0v) is 10.3. The normalized spacial score (nSPS) is 11.2. The summed E-state index contributed by atoms with van der Waals surface area (Å²) in [7, 11) is 0. The summed E-state index contributed by atoms with van der Waals surface area (Å²) in [5.74, 6) is -0.0394. The fraction of sp³-hybridized carbons (Fsp3) is 0.417. The Labute approximate surface area is 101 Å². The van der Waals surface area contributed by atoms with E-state index in [0.29, 0.717) is 18.0 Å². The molecule has 0 saturated carbocycles. The predicted molar refractivity (Wildman–Crippen MR) is 66.2 cm³/mol. The van der Waals surface area contributed by atoms with Gasteiger partial charge in [-0.2, -0.15) is 0 Å². The molecule has 0 spiro atoms. The number of carbonyl (C=O) groups excluding carboxylic acids is 1. The fourth-order valence-electron chi connectivity index (χ4n) is 1.28. The molecule has 0 radical (unpaired) electrons. The van der Waals surface area contributed by atoms with Crippen molar-refractivity contribution in [2.24, 2.45) is 5.73 Å². The molecule has 88 valence electrons. The van der Waals surface area contributed by atoms with Gasteiger partial charge in [-0.25, -0.2) is 0 Å². The number of hydrogen-bond donors (Lipinski definition) is 2. The first-order chi connectivity index (χ1) is 7.37. The van der Waals surface area contributed by atoms with Crippen molar-refractivity contribution in [2.75, 3.05) is 0 Å². The first-order valence-electron chi connectivity index (χ1n) is 5.17. The van der Waals surface area contributed by atoms with Crippen LogP contribution in [0.4, 0.5) is 0 Å². The highest BCUT2D eigenvalue weighted by Crippen LogP contribution is 2.09. The number of nitrogens with two attached hydrogens (primary N) is 1. The monoisotopic (exact) mass is 240 g/mol. The number of nitrogens with one attached hydrogen (secondary N) is 1. The van der Waals surface area contributed by atoms with Crippen molar-refractivity contribution in [3.63, 3.8) is 0 Å². The van der Waals surface area contributed by atoms with Gasteiger partial charge in [-0.05, 0) is 31.5 Å². The molecule has 1 aromatic rings. The maximum atomic E-state index is 11.5. The molecule has 1 aromatic carbocycles. The third kappa shape index (κ3) is 5.14. The van der Waals surface area contributed by atoms with E-state index in [1.54, 1.807) is 12.1 Å². The summed E-state index contributed by atoms with van der Waals surface area (Å²) in [6.45, 7) is 4.16. The Bertz CT molecular complexity index is 354. The molecule has 3 N–H and O–H groups in total. The van der Waals surface area contributed by atoms with Crippen LogP contribution >= 0.6 is 11.6 Å². The van der Waals surface area contributed by atoms with E-state index in [9.17, 15) is 4.79 Å². The van der Waals surface area contributed by atoms with Gasteiger partial charge in [0, 0.05) is 23.5 Å². The van der Waals surface area contributed by atoms with E-state index in [-0.39, 0.29) is 5.91 Å². The molecule has 0 aliphatic rings. The number of halogens is 1. The van der Waals surface area contributed by atoms with Gasteiger partial charge < -0.3 is 11.1 Å². The quantitative estimate of drug-likeness (QED) is 0.847. The Kier molecular flexibility index (Phi) is 4.33. The smallest absolute Gasteiger partial charge is 0.222 e. The van der Waals surface area contributed by atoms with Crippen LogP contribution in [0.5, 0.6) is 0 Å². The summed E-state index contributed by atoms with van der Waals surface area (Å²) < 4.78 is 0. The van der Waals surface area contributed by atoms with Gasteiger partial charge >= 0.3 is 0 Å². The van der Waals surface area contributed by atoms with Crippen LogP contribution in [0, 0.1) is 0 Å². The molecule has 0 aromatic heterocycles. The SMILES string of the molecule is CC(C)(N)CC(=O)NCc1ccc(Cl)cc1. The Balaban J connectivity index is 2.40. The summed E-state index contributed by atoms with van der Waals surface area (Å²) in [5.41, 5.74) is 6.30. The van der Waals surface area contributed by atoms with E-state index in [1.165, 1.54) is 0 Å². The van der Waals surface area contributed by atoms with Crippen molar-refractivity contribution < 1.29 is 4.79 Å². The topological polar surface area (TPSA) is 55.1 Å². The fourth-order valence-corrected chi connectivity index (χ4v) is 1.41. The Morgan fingerprint density at radius 2 is 1.94 bits per heavy atom. The summed E-state index contributed by atoms with van der Waals surface area (Å²) in [6.07, 6.45) is 0.320. The minimum atomic E-state index is -0.468. The Hall–Kier alpha value is -1.06. The van der Waals surface area contributed by atoms with Crippen molar-refractivity contribution in [1.82, 2.24) is 5.32 Å². The Morgan fingerprint density at radius 1 is 1.38 bits per heavy atom. The van der Waals surface area contributed by atoms with Crippen LogP contribution in [-0.2, 0) is 11.3 Å². The molecule has 0 saturated heterocycles. The third-order valence-corrected chi connectivity index (χ3v) is 2.27. The second kappa shape index (κ2) is 5.32. The first kappa shape index (κ1) is 13.0. The Morgan fingerprint density at radius 3 is 2.44 bits per heavy atom. The van der Waals surface area contributed by atoms with Crippen LogP contribution in [0.3, 0.4) is 0 Å². The van der Waals surface area contributed by atoms with Gasteiger partial charge in [0.1, 0.15) is 0 Å². The molecule has 0 fully saturated rings. The van der Waals surface area contributed by atoms with E-state index in [2.05, 4.69) is 5.32 Å². The van der Waals surface area contributed by atoms with E-state index < -0.39 is 5.54 Å². The summed E-state index contributed by atoms with van der Waals surface area (Å²) in [6, 6.07) is 7.37. The average Bonchev–Trinajstić information content (AvgIpc) is 2.14. The van der Waals surface area contributed by atoms with Crippen LogP contribution in [-0.4, -0.2) is 11.4 Å². The van der Waals surface area contributed by atoms with Gasteiger partial charge in [0.25, 0.3) is 0 Å². The van der Waals surface area contributed by atoms with Gasteiger partial charge in [-0.1, -0.05) is 23.7 Å². The van der Waals surface area contributed by atoms with E-state index in [4.69, 9.17) is 17.3 Å². The molecule has 0 unspecified atom stereocenters. The maximum Gasteiger partial charge on any atom is 0.222 e. The maximum absolute atomic E-state index is 11.5. The number of benzene rings is 1. The molecule has 4 heteroatoms. The lowest BCUT2D eigenvalue weighted by Gasteiger charge is -2.17. The summed E-state index contributed by atoms with van der Waals surface area (Å²) in [4.78, 5) is 11.5. The number of carbonyl (C=O) groups is 1. The van der Waals surface area contributed by atoms with Crippen molar-refractivity contribution >= 4 is 17.5 Å². The number of hydrogen-bond acceptors (Lipinski definition) is 2. The molecule has 0 aliphatic heterocycles. The molecule has 1 amide bonds. The van der Waals surface area contributed by atoms with Gasteiger partial charge in [-0.3, -0.25) is 4.79 Å². The molecule has 0 atom stereocenters. The van der Waals surface area contributed by atoms with Crippen LogP contribution in [0.25, 0.3) is 0 Å². The zero-order chi connectivity index (χ0) is 12.2. The van der Waals surface area contributed by atoms with E-state index >= 15 is 0 Å². The van der Waals surface area contributed by atoms with Crippen molar-refractivity contribution in [3.05, 3.63) is 34.9 Å². The van der Waals surface area contributed by atoms with Gasteiger partial charge in [-0.15, -0.1) is 0 Å². The molecular weight excluding hydrogens is 224 g/mol. The second-order valence-electron chi connectivity index (χ2n) is 4.57. The lowest BCUT2D eigenvalue weighted by Crippen LogP contribution is -2.38. The van der Waals surface area contributed by atoms with E-state index in [1.807, 2.05) is 26.0 Å². The first-order valence-corrected chi connectivity index (χ1v) is 5.55. The standard InChI is InChI=1S/C12H17ClN2O/c1-12(2,14)7-11(16)15-8-9-3-5-10(13)6-4-9/h3-6H,7-8,14H2,1-2H3,(H,15,16). The number of rotatable bonds is 4. The molecule has 1 rings (SSSR count). The van der Waals surface area contributed by atoms with Crippen LogP contribution in [0.2, 0.25) is 5.02 Å². The number of amides is 1. The minimum Gasteiger partial charge on any atom is -0.352 e. The van der Waals surface area contributed by atoms with Crippen molar-refractivity contribution in [3.8, 4) is 0 Å². The minimum absolute atomic E-state index is 0.0394. The van der Waals surface area contributed by atoms with Gasteiger partial charge in [0.15, 0.2) is 0 Å². The largest absolute Gasteiger partial charge is 0.352 e. The van der Waals surface area contributed by atoms with Crippen LogP contribution < -0.4 is 11.1 Å². The lowest BCUT2D eigenvalue weighted by molar-refractivity contribution is -0.122. The molecule has 0 aliphatic carbocycles. The molecule has 3 nitrogen and oxygen atoms in total. The van der Waals surface area contributed by atoms with Gasteiger partial charge in [0.05, 0.1) is 0 Å². The van der Waals surface area contributed by atoms with E-state index in [0.717, 1.165) is 5.56 Å². The highest BCUT2D eigenvalue weighted by atomic mass is 35.5. The second-order valence-corrected chi connectivity index (χ2v) is 5.00. The summed E-state index contributed by atoms with van der Waals surface area (Å²) in [5, 5.41) is 3.51. The van der Waals surface area contributed by atoms with Gasteiger partial charge in [0.2, 0.25) is 5.91 Å². The third-order valence-electron chi connectivity index (χ3n) is 2.02. The van der Waals surface area contributed by atoms with Crippen LogP contribution in [0.1, 0.15) is 25.8 Å². The molecule has 16 heavy (non-hydrogen) atoms. The van der Waals surface area contributed by atoms with Crippen molar-refractivity contribution in [1.29, 1.82) is 0 Å². The molecule has 0 bridgehead atoms. The lowest BCUT2D eigenvalue weighted by atomic mass is 10.0. The zero-order valence-electron chi connectivity index (χ0n) is 9.59.